The van der Waals surface area contributed by atoms with Gasteiger partial charge in [0.2, 0.25) is 11.6 Å². The Morgan fingerprint density at radius 1 is 1.03 bits per heavy atom. The lowest BCUT2D eigenvalue weighted by Crippen LogP contribution is -2.10. The lowest BCUT2D eigenvalue weighted by molar-refractivity contribution is -0.383. The standard InChI is InChI=1S/C21H19Cl2N5O4/c1-12(2)10-32-21(29)13-3-5-16(6-4-13)26-19-18(28(30)31)20(25-11-24-19)27-17-8-14(22)7-15(23)9-17/h3-9,11-12H,10H2,1-2H3,(H2,24,25,26,27). The van der Waals surface area contributed by atoms with Gasteiger partial charge < -0.3 is 15.4 Å². The third kappa shape index (κ3) is 6.05. The highest BCUT2D eigenvalue weighted by atomic mass is 35.5. The molecule has 1 heterocycles. The average molecular weight is 476 g/mol. The summed E-state index contributed by atoms with van der Waals surface area (Å²) in [5, 5.41) is 18.2. The minimum Gasteiger partial charge on any atom is -0.462 e. The van der Waals surface area contributed by atoms with Gasteiger partial charge in [0.15, 0.2) is 0 Å². The van der Waals surface area contributed by atoms with Gasteiger partial charge in [-0.25, -0.2) is 14.8 Å². The SMILES string of the molecule is CC(C)COC(=O)c1ccc(Nc2ncnc(Nc3cc(Cl)cc(Cl)c3)c2[N+](=O)[O-])cc1. The van der Waals surface area contributed by atoms with Crippen LogP contribution in [-0.2, 0) is 4.74 Å². The van der Waals surface area contributed by atoms with Crippen LogP contribution in [0.1, 0.15) is 24.2 Å². The van der Waals surface area contributed by atoms with Crippen LogP contribution in [0.5, 0.6) is 0 Å². The number of rotatable bonds is 8. The molecule has 9 nitrogen and oxygen atoms in total. The lowest BCUT2D eigenvalue weighted by atomic mass is 10.2. The van der Waals surface area contributed by atoms with E-state index in [1.807, 2.05) is 13.8 Å². The summed E-state index contributed by atoms with van der Waals surface area (Å²) in [5.74, 6) is -0.288. The summed E-state index contributed by atoms with van der Waals surface area (Å²) in [6, 6.07) is 11.0. The molecule has 0 fully saturated rings. The number of halogens is 2. The van der Waals surface area contributed by atoms with E-state index in [-0.39, 0.29) is 23.2 Å². The van der Waals surface area contributed by atoms with E-state index in [4.69, 9.17) is 27.9 Å². The molecule has 2 N–H and O–H groups in total. The molecule has 0 aliphatic rings. The summed E-state index contributed by atoms with van der Waals surface area (Å²) < 4.78 is 5.19. The van der Waals surface area contributed by atoms with Crippen LogP contribution in [0.15, 0.2) is 48.8 Å². The number of benzene rings is 2. The average Bonchev–Trinajstić information content (AvgIpc) is 2.71. The molecule has 11 heteroatoms. The molecule has 0 atom stereocenters. The molecule has 0 unspecified atom stereocenters. The summed E-state index contributed by atoms with van der Waals surface area (Å²) in [7, 11) is 0. The highest BCUT2D eigenvalue weighted by Gasteiger charge is 2.23. The van der Waals surface area contributed by atoms with E-state index in [0.29, 0.717) is 33.6 Å². The molecule has 0 saturated carbocycles. The van der Waals surface area contributed by atoms with E-state index in [2.05, 4.69) is 20.6 Å². The maximum absolute atomic E-state index is 12.0. The number of aromatic nitrogens is 2. The molecule has 0 spiro atoms. The Morgan fingerprint density at radius 3 is 2.12 bits per heavy atom. The number of hydrogen-bond acceptors (Lipinski definition) is 8. The maximum Gasteiger partial charge on any atom is 0.353 e. The Morgan fingerprint density at radius 2 is 1.59 bits per heavy atom. The number of carbonyl (C=O) groups is 1. The first kappa shape index (κ1) is 23.2. The summed E-state index contributed by atoms with van der Waals surface area (Å²) in [5.41, 5.74) is 0.918. The van der Waals surface area contributed by atoms with Crippen LogP contribution < -0.4 is 10.6 Å². The van der Waals surface area contributed by atoms with Crippen LogP contribution in [-0.4, -0.2) is 27.5 Å². The fraction of sp³-hybridized carbons (Fsp3) is 0.190. The van der Waals surface area contributed by atoms with Crippen LogP contribution in [0.4, 0.5) is 28.7 Å². The van der Waals surface area contributed by atoms with Gasteiger partial charge >= 0.3 is 11.7 Å². The number of nitrogens with zero attached hydrogens (tertiary/aromatic N) is 3. The van der Waals surface area contributed by atoms with Gasteiger partial charge in [0.1, 0.15) is 6.33 Å². The van der Waals surface area contributed by atoms with Crippen LogP contribution in [0, 0.1) is 16.0 Å². The highest BCUT2D eigenvalue weighted by molar-refractivity contribution is 6.35. The van der Waals surface area contributed by atoms with Crippen LogP contribution in [0.2, 0.25) is 10.0 Å². The monoisotopic (exact) mass is 475 g/mol. The highest BCUT2D eigenvalue weighted by Crippen LogP contribution is 2.34. The fourth-order valence-electron chi connectivity index (χ4n) is 2.65. The topological polar surface area (TPSA) is 119 Å². The quantitative estimate of drug-likeness (QED) is 0.231. The summed E-state index contributed by atoms with van der Waals surface area (Å²) >= 11 is 12.0. The van der Waals surface area contributed by atoms with E-state index in [0.717, 1.165) is 0 Å². The Labute approximate surface area is 193 Å². The fourth-order valence-corrected chi connectivity index (χ4v) is 3.18. The van der Waals surface area contributed by atoms with E-state index < -0.39 is 10.9 Å². The Bertz CT molecular complexity index is 1120. The predicted molar refractivity (Wildman–Crippen MR) is 123 cm³/mol. The van der Waals surface area contributed by atoms with Gasteiger partial charge in [-0.15, -0.1) is 0 Å². The van der Waals surface area contributed by atoms with Crippen molar-refractivity contribution >= 4 is 57.9 Å². The largest absolute Gasteiger partial charge is 0.462 e. The number of ether oxygens (including phenoxy) is 1. The summed E-state index contributed by atoms with van der Waals surface area (Å²) in [6.07, 6.45) is 1.18. The molecule has 0 saturated heterocycles. The number of anilines is 4. The van der Waals surface area contributed by atoms with Crippen LogP contribution in [0.25, 0.3) is 0 Å². The van der Waals surface area contributed by atoms with Crippen molar-refractivity contribution in [2.24, 2.45) is 5.92 Å². The van der Waals surface area contributed by atoms with Gasteiger partial charge in [-0.2, -0.15) is 0 Å². The lowest BCUT2D eigenvalue weighted by Gasteiger charge is -2.11. The smallest absolute Gasteiger partial charge is 0.353 e. The Kier molecular flexibility index (Phi) is 7.45. The molecule has 0 aliphatic carbocycles. The van der Waals surface area contributed by atoms with E-state index in [1.165, 1.54) is 12.4 Å². The van der Waals surface area contributed by atoms with Gasteiger partial charge in [-0.1, -0.05) is 37.0 Å². The van der Waals surface area contributed by atoms with Crippen molar-refractivity contribution in [3.05, 3.63) is 74.5 Å². The molecule has 1 aromatic heterocycles. The first-order valence-corrected chi connectivity index (χ1v) is 10.2. The normalized spacial score (nSPS) is 10.7. The number of carbonyl (C=O) groups excluding carboxylic acids is 1. The number of esters is 1. The predicted octanol–water partition coefficient (Wildman–Crippen LogP) is 5.99. The molecule has 166 valence electrons. The van der Waals surface area contributed by atoms with Crippen molar-refractivity contribution in [2.75, 3.05) is 17.2 Å². The summed E-state index contributed by atoms with van der Waals surface area (Å²) in [4.78, 5) is 31.2. The second-order valence-corrected chi connectivity index (χ2v) is 8.03. The zero-order chi connectivity index (χ0) is 23.3. The third-order valence-electron chi connectivity index (χ3n) is 4.06. The number of hydrogen-bond donors (Lipinski definition) is 2. The van der Waals surface area contributed by atoms with Crippen molar-refractivity contribution < 1.29 is 14.5 Å². The van der Waals surface area contributed by atoms with Crippen molar-refractivity contribution in [3.8, 4) is 0 Å². The molecular formula is C21H19Cl2N5O4. The number of nitro groups is 1. The Hall–Kier alpha value is -3.43. The van der Waals surface area contributed by atoms with Crippen LogP contribution in [0.3, 0.4) is 0 Å². The zero-order valence-corrected chi connectivity index (χ0v) is 18.6. The number of nitrogens with one attached hydrogen (secondary N) is 2. The van der Waals surface area contributed by atoms with Crippen LogP contribution >= 0.6 is 23.2 Å². The third-order valence-corrected chi connectivity index (χ3v) is 4.50. The van der Waals surface area contributed by atoms with E-state index >= 15 is 0 Å². The molecule has 32 heavy (non-hydrogen) atoms. The van der Waals surface area contributed by atoms with Gasteiger partial charge in [0, 0.05) is 21.4 Å². The molecule has 0 amide bonds. The molecule has 0 radical (unpaired) electrons. The first-order chi connectivity index (χ1) is 15.2. The van der Waals surface area contributed by atoms with Gasteiger partial charge in [0.25, 0.3) is 0 Å². The molecule has 2 aromatic carbocycles. The minimum absolute atomic E-state index is 0.0317. The molecule has 0 bridgehead atoms. The van der Waals surface area contributed by atoms with Crippen molar-refractivity contribution in [1.82, 2.24) is 9.97 Å². The molecule has 3 rings (SSSR count). The van der Waals surface area contributed by atoms with Gasteiger partial charge in [0.05, 0.1) is 17.1 Å². The Balaban J connectivity index is 1.83. The van der Waals surface area contributed by atoms with Crippen molar-refractivity contribution in [3.63, 3.8) is 0 Å². The molecule has 0 aliphatic heterocycles. The van der Waals surface area contributed by atoms with Gasteiger partial charge in [-0.05, 0) is 48.4 Å². The second-order valence-electron chi connectivity index (χ2n) is 7.15. The van der Waals surface area contributed by atoms with E-state index in [1.54, 1.807) is 36.4 Å². The first-order valence-electron chi connectivity index (χ1n) is 9.49. The van der Waals surface area contributed by atoms with Gasteiger partial charge in [-0.3, -0.25) is 10.1 Å². The van der Waals surface area contributed by atoms with Crippen molar-refractivity contribution in [2.45, 2.75) is 13.8 Å². The summed E-state index contributed by atoms with van der Waals surface area (Å²) in [6.45, 7) is 4.21. The minimum atomic E-state index is -0.603. The second kappa shape index (κ2) is 10.3. The van der Waals surface area contributed by atoms with E-state index in [9.17, 15) is 14.9 Å². The molecular weight excluding hydrogens is 457 g/mol. The zero-order valence-electron chi connectivity index (χ0n) is 17.1. The molecule has 3 aromatic rings. The van der Waals surface area contributed by atoms with Crippen molar-refractivity contribution in [1.29, 1.82) is 0 Å². The maximum atomic E-state index is 12.0.